The highest BCUT2D eigenvalue weighted by atomic mass is 32.2. The molecule has 0 aliphatic heterocycles. The summed E-state index contributed by atoms with van der Waals surface area (Å²) in [6.45, 7) is 0. The first-order valence-corrected chi connectivity index (χ1v) is 9.48. The van der Waals surface area contributed by atoms with E-state index in [4.69, 9.17) is 0 Å². The lowest BCUT2D eigenvalue weighted by Gasteiger charge is -2.12. The number of amides is 1. The third kappa shape index (κ3) is 5.15. The Bertz CT molecular complexity index is 896. The van der Waals surface area contributed by atoms with Gasteiger partial charge in [-0.05, 0) is 54.2 Å². The fraction of sp³-hybridized carbons (Fsp3) is 0.188. The minimum Gasteiger partial charge on any atom is -0.339 e. The van der Waals surface area contributed by atoms with Gasteiger partial charge < -0.3 is 4.90 Å². The van der Waals surface area contributed by atoms with Crippen LogP contribution in [0.3, 0.4) is 0 Å². The molecule has 0 heterocycles. The summed E-state index contributed by atoms with van der Waals surface area (Å²) < 4.78 is 65.0. The lowest BCUT2D eigenvalue weighted by atomic mass is 10.2. The molecule has 2 aromatic rings. The van der Waals surface area contributed by atoms with Crippen molar-refractivity contribution in [2.75, 3.05) is 18.8 Å². The lowest BCUT2D eigenvalue weighted by Crippen LogP contribution is -2.16. The number of hydrogen-bond donors (Lipinski definition) is 1. The fourth-order valence-corrected chi connectivity index (χ4v) is 3.60. The van der Waals surface area contributed by atoms with E-state index >= 15 is 0 Å². The topological polar surface area (TPSA) is 66.5 Å². The molecule has 140 valence electrons. The summed E-state index contributed by atoms with van der Waals surface area (Å²) in [6, 6.07) is 9.41. The molecule has 10 heteroatoms. The van der Waals surface area contributed by atoms with Gasteiger partial charge >= 0.3 is 6.18 Å². The van der Waals surface area contributed by atoms with E-state index in [1.807, 2.05) is 0 Å². The van der Waals surface area contributed by atoms with Gasteiger partial charge in [-0.2, -0.15) is 13.2 Å². The predicted molar refractivity (Wildman–Crippen MR) is 93.6 cm³/mol. The number of nitrogens with zero attached hydrogens (tertiary/aromatic N) is 1. The van der Waals surface area contributed by atoms with E-state index in [0.717, 1.165) is 30.0 Å². The molecule has 0 aliphatic carbocycles. The van der Waals surface area contributed by atoms with Crippen LogP contribution in [0.2, 0.25) is 0 Å². The van der Waals surface area contributed by atoms with Gasteiger partial charge in [0.1, 0.15) is 0 Å². The SMILES string of the molecule is CN(C)C(=O)Sc1ccc(NS(=O)(=O)c2cccc(C(F)(F)F)c2)cc1. The van der Waals surface area contributed by atoms with Crippen LogP contribution < -0.4 is 4.72 Å². The van der Waals surface area contributed by atoms with Crippen LogP contribution in [0.15, 0.2) is 58.3 Å². The van der Waals surface area contributed by atoms with Crippen LogP contribution in [0.25, 0.3) is 0 Å². The number of rotatable bonds is 4. The second-order valence-electron chi connectivity index (χ2n) is 5.42. The molecular formula is C16H15F3N2O3S2. The van der Waals surface area contributed by atoms with E-state index in [1.54, 1.807) is 14.1 Å². The van der Waals surface area contributed by atoms with E-state index in [1.165, 1.54) is 29.2 Å². The Morgan fingerprint density at radius 2 is 1.69 bits per heavy atom. The maximum absolute atomic E-state index is 12.7. The van der Waals surface area contributed by atoms with Crippen LogP contribution in [-0.2, 0) is 16.2 Å². The van der Waals surface area contributed by atoms with Crippen molar-refractivity contribution in [1.82, 2.24) is 4.90 Å². The van der Waals surface area contributed by atoms with Gasteiger partial charge in [-0.3, -0.25) is 9.52 Å². The van der Waals surface area contributed by atoms with Crippen molar-refractivity contribution in [3.8, 4) is 0 Å². The van der Waals surface area contributed by atoms with Gasteiger partial charge in [-0.15, -0.1) is 0 Å². The second kappa shape index (κ2) is 7.58. The molecule has 0 aliphatic rings. The van der Waals surface area contributed by atoms with Crippen molar-refractivity contribution in [2.45, 2.75) is 16.0 Å². The summed E-state index contributed by atoms with van der Waals surface area (Å²) in [7, 11) is -0.969. The number of carbonyl (C=O) groups is 1. The summed E-state index contributed by atoms with van der Waals surface area (Å²) in [4.78, 5) is 13.1. The Labute approximate surface area is 153 Å². The normalized spacial score (nSPS) is 11.9. The van der Waals surface area contributed by atoms with Crippen molar-refractivity contribution in [2.24, 2.45) is 0 Å². The molecule has 0 bridgehead atoms. The van der Waals surface area contributed by atoms with Gasteiger partial charge in [-0.25, -0.2) is 8.42 Å². The van der Waals surface area contributed by atoms with Crippen molar-refractivity contribution in [1.29, 1.82) is 0 Å². The predicted octanol–water partition coefficient (Wildman–Crippen LogP) is 4.28. The van der Waals surface area contributed by atoms with Gasteiger partial charge in [0, 0.05) is 24.7 Å². The number of thioether (sulfide) groups is 1. The van der Waals surface area contributed by atoms with Gasteiger partial charge in [-0.1, -0.05) is 6.07 Å². The molecule has 0 atom stereocenters. The van der Waals surface area contributed by atoms with E-state index in [0.29, 0.717) is 11.0 Å². The molecule has 0 saturated carbocycles. The van der Waals surface area contributed by atoms with Crippen molar-refractivity contribution in [3.63, 3.8) is 0 Å². The Kier molecular flexibility index (Phi) is 5.87. The first-order chi connectivity index (χ1) is 12.0. The molecular weight excluding hydrogens is 389 g/mol. The summed E-state index contributed by atoms with van der Waals surface area (Å²) in [5, 5.41) is -0.192. The van der Waals surface area contributed by atoms with E-state index < -0.39 is 26.7 Å². The molecule has 0 saturated heterocycles. The van der Waals surface area contributed by atoms with Crippen molar-refractivity contribution in [3.05, 3.63) is 54.1 Å². The van der Waals surface area contributed by atoms with Gasteiger partial charge in [0.25, 0.3) is 15.3 Å². The summed E-state index contributed by atoms with van der Waals surface area (Å²) >= 11 is 0.964. The Balaban J connectivity index is 2.18. The van der Waals surface area contributed by atoms with Gasteiger partial charge in [0.2, 0.25) is 0 Å². The Morgan fingerprint density at radius 3 is 2.23 bits per heavy atom. The average molecular weight is 404 g/mol. The lowest BCUT2D eigenvalue weighted by molar-refractivity contribution is -0.137. The van der Waals surface area contributed by atoms with E-state index in [-0.39, 0.29) is 10.9 Å². The van der Waals surface area contributed by atoms with E-state index in [9.17, 15) is 26.4 Å². The highest BCUT2D eigenvalue weighted by Crippen LogP contribution is 2.31. The van der Waals surface area contributed by atoms with Crippen LogP contribution in [-0.4, -0.2) is 32.7 Å². The first kappa shape index (κ1) is 20.1. The summed E-state index contributed by atoms with van der Waals surface area (Å²) in [5.74, 6) is 0. The molecule has 2 aromatic carbocycles. The average Bonchev–Trinajstić information content (AvgIpc) is 2.55. The third-order valence-corrected chi connectivity index (χ3v) is 5.58. The monoisotopic (exact) mass is 404 g/mol. The zero-order chi connectivity index (χ0) is 19.5. The quantitative estimate of drug-likeness (QED) is 0.773. The minimum absolute atomic E-state index is 0.170. The number of benzene rings is 2. The first-order valence-electron chi connectivity index (χ1n) is 7.18. The van der Waals surface area contributed by atoms with Crippen molar-refractivity contribution >= 4 is 32.7 Å². The maximum Gasteiger partial charge on any atom is 0.416 e. The molecule has 2 rings (SSSR count). The molecule has 1 amide bonds. The third-order valence-electron chi connectivity index (χ3n) is 3.15. The second-order valence-corrected chi connectivity index (χ2v) is 8.13. The van der Waals surface area contributed by atoms with Gasteiger partial charge in [0.05, 0.1) is 10.5 Å². The highest BCUT2D eigenvalue weighted by molar-refractivity contribution is 8.13. The largest absolute Gasteiger partial charge is 0.416 e. The van der Waals surface area contributed by atoms with Crippen LogP contribution in [0.4, 0.5) is 23.7 Å². The minimum atomic E-state index is -4.64. The maximum atomic E-state index is 12.7. The Hall–Kier alpha value is -2.20. The van der Waals surface area contributed by atoms with E-state index in [2.05, 4.69) is 4.72 Å². The van der Waals surface area contributed by atoms with Gasteiger partial charge in [0.15, 0.2) is 0 Å². The summed E-state index contributed by atoms with van der Waals surface area (Å²) in [5.41, 5.74) is -0.876. The smallest absolute Gasteiger partial charge is 0.339 e. The standard InChI is InChI=1S/C16H15F3N2O3S2/c1-21(2)15(22)25-13-8-6-12(7-9-13)20-26(23,24)14-5-3-4-11(10-14)16(17,18)19/h3-10,20H,1-2H3. The summed E-state index contributed by atoms with van der Waals surface area (Å²) in [6.07, 6.45) is -4.64. The number of sulfonamides is 1. The van der Waals surface area contributed by atoms with Crippen molar-refractivity contribution < 1.29 is 26.4 Å². The van der Waals surface area contributed by atoms with Crippen LogP contribution >= 0.6 is 11.8 Å². The highest BCUT2D eigenvalue weighted by Gasteiger charge is 2.31. The van der Waals surface area contributed by atoms with Crippen LogP contribution in [0.1, 0.15) is 5.56 Å². The number of alkyl halides is 3. The molecule has 0 unspecified atom stereocenters. The number of carbonyl (C=O) groups excluding carboxylic acids is 1. The molecule has 0 radical (unpaired) electrons. The zero-order valence-electron chi connectivity index (χ0n) is 13.7. The zero-order valence-corrected chi connectivity index (χ0v) is 15.4. The number of nitrogens with one attached hydrogen (secondary N) is 1. The number of halogens is 3. The molecule has 0 spiro atoms. The number of anilines is 1. The molecule has 1 N–H and O–H groups in total. The van der Waals surface area contributed by atoms with Crippen LogP contribution in [0, 0.1) is 0 Å². The fourth-order valence-electron chi connectivity index (χ4n) is 1.84. The molecule has 0 fully saturated rings. The number of hydrogen-bond acceptors (Lipinski definition) is 4. The molecule has 26 heavy (non-hydrogen) atoms. The Morgan fingerprint density at radius 1 is 1.08 bits per heavy atom. The molecule has 5 nitrogen and oxygen atoms in total. The molecule has 0 aromatic heterocycles. The van der Waals surface area contributed by atoms with Crippen LogP contribution in [0.5, 0.6) is 0 Å².